The molecule has 10 heteroatoms. The van der Waals surface area contributed by atoms with Crippen molar-refractivity contribution in [3.05, 3.63) is 64.2 Å². The zero-order valence-corrected chi connectivity index (χ0v) is 14.7. The van der Waals surface area contributed by atoms with Gasteiger partial charge < -0.3 is 5.11 Å². The van der Waals surface area contributed by atoms with Crippen molar-refractivity contribution >= 4 is 38.0 Å². The van der Waals surface area contributed by atoms with Gasteiger partial charge in [0, 0.05) is 17.5 Å². The monoisotopic (exact) mass is 387 g/mol. The van der Waals surface area contributed by atoms with Crippen LogP contribution in [-0.4, -0.2) is 23.0 Å². The predicted molar refractivity (Wildman–Crippen MR) is 97.4 cm³/mol. The number of aromatic hydroxyl groups is 1. The van der Waals surface area contributed by atoms with Crippen LogP contribution < -0.4 is 0 Å². The van der Waals surface area contributed by atoms with Gasteiger partial charge in [-0.1, -0.05) is 24.3 Å². The van der Waals surface area contributed by atoms with Gasteiger partial charge in [0.1, 0.15) is 10.6 Å². The Labute approximate surface area is 153 Å². The Balaban J connectivity index is 2.21. The van der Waals surface area contributed by atoms with Crippen LogP contribution in [0, 0.1) is 17.0 Å². The molecule has 0 fully saturated rings. The van der Waals surface area contributed by atoms with Crippen molar-refractivity contribution in [3.8, 4) is 5.75 Å². The van der Waals surface area contributed by atoms with E-state index in [2.05, 4.69) is 10.2 Å². The van der Waals surface area contributed by atoms with E-state index in [4.69, 9.17) is 0 Å². The lowest BCUT2D eigenvalue weighted by Gasteiger charge is -2.08. The van der Waals surface area contributed by atoms with Crippen LogP contribution in [-0.2, 0) is 10.1 Å². The van der Waals surface area contributed by atoms with Crippen LogP contribution in [0.5, 0.6) is 5.75 Å². The smallest absolute Gasteiger partial charge is 0.298 e. The summed E-state index contributed by atoms with van der Waals surface area (Å²) in [6, 6.07) is 11.7. The number of phenols is 1. The molecule has 0 radical (unpaired) electrons. The summed E-state index contributed by atoms with van der Waals surface area (Å²) >= 11 is 0. The Bertz CT molecular complexity index is 1200. The summed E-state index contributed by atoms with van der Waals surface area (Å²) in [5, 5.41) is 29.9. The average molecular weight is 387 g/mol. The summed E-state index contributed by atoms with van der Waals surface area (Å²) in [5.41, 5.74) is 0.385. The van der Waals surface area contributed by atoms with E-state index in [-0.39, 0.29) is 17.1 Å². The Hall–Kier alpha value is -3.37. The van der Waals surface area contributed by atoms with Crippen molar-refractivity contribution in [1.82, 2.24) is 0 Å². The molecule has 3 rings (SSSR count). The first kappa shape index (κ1) is 18.4. The van der Waals surface area contributed by atoms with E-state index in [9.17, 15) is 28.2 Å². The molecule has 0 atom stereocenters. The number of fused-ring (bicyclic) bond motifs is 1. The molecule has 0 aliphatic rings. The van der Waals surface area contributed by atoms with Crippen molar-refractivity contribution in [3.63, 3.8) is 0 Å². The number of hydrogen-bond donors (Lipinski definition) is 2. The van der Waals surface area contributed by atoms with Crippen molar-refractivity contribution < 1.29 is 23.0 Å². The number of hydrogen-bond acceptors (Lipinski definition) is 7. The Morgan fingerprint density at radius 3 is 2.44 bits per heavy atom. The van der Waals surface area contributed by atoms with E-state index in [1.807, 2.05) is 0 Å². The SMILES string of the molecule is Cc1cc(N=Nc2c(O)c(S(=O)(=O)O)cc3ccccc23)cc([N+](=O)[O-])c1. The van der Waals surface area contributed by atoms with Gasteiger partial charge in [0.2, 0.25) is 0 Å². The first-order valence-corrected chi connectivity index (χ1v) is 9.01. The van der Waals surface area contributed by atoms with Crippen molar-refractivity contribution in [2.45, 2.75) is 11.8 Å². The van der Waals surface area contributed by atoms with Crippen LogP contribution in [0.1, 0.15) is 5.56 Å². The van der Waals surface area contributed by atoms with Crippen LogP contribution >= 0.6 is 0 Å². The predicted octanol–water partition coefficient (Wildman–Crippen LogP) is 4.42. The fourth-order valence-corrected chi connectivity index (χ4v) is 3.22. The number of benzene rings is 3. The molecular weight excluding hydrogens is 374 g/mol. The van der Waals surface area contributed by atoms with Gasteiger partial charge in [0.05, 0.1) is 10.6 Å². The van der Waals surface area contributed by atoms with Crippen LogP contribution in [0.25, 0.3) is 10.8 Å². The average Bonchev–Trinajstić information content (AvgIpc) is 2.59. The number of nitro benzene ring substituents is 1. The largest absolute Gasteiger partial charge is 0.504 e. The molecule has 9 nitrogen and oxygen atoms in total. The van der Waals surface area contributed by atoms with Crippen LogP contribution in [0.15, 0.2) is 63.7 Å². The third kappa shape index (κ3) is 3.76. The second kappa shape index (κ2) is 6.74. The van der Waals surface area contributed by atoms with Gasteiger partial charge in [-0.2, -0.15) is 13.5 Å². The highest BCUT2D eigenvalue weighted by Crippen LogP contribution is 2.41. The Morgan fingerprint density at radius 1 is 1.07 bits per heavy atom. The van der Waals surface area contributed by atoms with E-state index < -0.39 is 25.7 Å². The molecule has 0 heterocycles. The molecule has 2 N–H and O–H groups in total. The van der Waals surface area contributed by atoms with Gasteiger partial charge in [-0.3, -0.25) is 14.7 Å². The Morgan fingerprint density at radius 2 is 1.78 bits per heavy atom. The topological polar surface area (TPSA) is 142 Å². The summed E-state index contributed by atoms with van der Waals surface area (Å²) < 4.78 is 32.4. The zero-order valence-electron chi connectivity index (χ0n) is 13.9. The molecule has 27 heavy (non-hydrogen) atoms. The van der Waals surface area contributed by atoms with Crippen molar-refractivity contribution in [1.29, 1.82) is 0 Å². The summed E-state index contributed by atoms with van der Waals surface area (Å²) in [6.07, 6.45) is 0. The normalized spacial score (nSPS) is 11.9. The van der Waals surface area contributed by atoms with Crippen LogP contribution in [0.4, 0.5) is 17.1 Å². The third-order valence-corrected chi connectivity index (χ3v) is 4.63. The highest BCUT2D eigenvalue weighted by atomic mass is 32.2. The highest BCUT2D eigenvalue weighted by Gasteiger charge is 2.21. The summed E-state index contributed by atoms with van der Waals surface area (Å²) in [6.45, 7) is 1.65. The second-order valence-electron chi connectivity index (χ2n) is 5.75. The van der Waals surface area contributed by atoms with Gasteiger partial charge in [0.15, 0.2) is 5.75 Å². The zero-order chi connectivity index (χ0) is 19.8. The number of nitrogens with zero attached hydrogens (tertiary/aromatic N) is 3. The molecule has 0 aliphatic heterocycles. The van der Waals surface area contributed by atoms with E-state index >= 15 is 0 Å². The molecular formula is C17H13N3O6S. The fraction of sp³-hybridized carbons (Fsp3) is 0.0588. The molecule has 0 saturated carbocycles. The first-order valence-electron chi connectivity index (χ1n) is 7.57. The minimum atomic E-state index is -4.70. The van der Waals surface area contributed by atoms with Gasteiger partial charge >= 0.3 is 0 Å². The summed E-state index contributed by atoms with van der Waals surface area (Å²) in [5.74, 6) is -0.762. The number of nitro groups is 1. The third-order valence-electron chi connectivity index (χ3n) is 3.76. The molecule has 0 unspecified atom stereocenters. The highest BCUT2D eigenvalue weighted by molar-refractivity contribution is 7.86. The molecule has 0 bridgehead atoms. The maximum absolute atomic E-state index is 11.5. The van der Waals surface area contributed by atoms with E-state index in [1.165, 1.54) is 12.1 Å². The van der Waals surface area contributed by atoms with Gasteiger partial charge in [0.25, 0.3) is 15.8 Å². The van der Waals surface area contributed by atoms with Crippen LogP contribution in [0.2, 0.25) is 0 Å². The molecule has 0 spiro atoms. The fourth-order valence-electron chi connectivity index (χ4n) is 2.60. The van der Waals surface area contributed by atoms with Crippen LogP contribution in [0.3, 0.4) is 0 Å². The van der Waals surface area contributed by atoms with Crippen molar-refractivity contribution in [2.75, 3.05) is 0 Å². The lowest BCUT2D eigenvalue weighted by atomic mass is 10.1. The standard InChI is InChI=1S/C17H13N3O6S/c1-10-6-12(9-13(7-10)20(22)23)18-19-16-14-5-3-2-4-11(14)8-15(17(16)21)27(24,25)26/h2-9,21H,1H3,(H,24,25,26). The number of rotatable bonds is 4. The maximum Gasteiger partial charge on any atom is 0.298 e. The minimum Gasteiger partial charge on any atom is -0.504 e. The number of azo groups is 1. The molecule has 3 aromatic carbocycles. The first-order chi connectivity index (χ1) is 12.7. The summed E-state index contributed by atoms with van der Waals surface area (Å²) in [4.78, 5) is 9.69. The molecule has 138 valence electrons. The minimum absolute atomic E-state index is 0.155. The Kier molecular flexibility index (Phi) is 4.60. The summed E-state index contributed by atoms with van der Waals surface area (Å²) in [7, 11) is -4.70. The maximum atomic E-state index is 11.5. The molecule has 0 saturated heterocycles. The van der Waals surface area contributed by atoms with Crippen molar-refractivity contribution in [2.24, 2.45) is 10.2 Å². The molecule has 0 aliphatic carbocycles. The second-order valence-corrected chi connectivity index (χ2v) is 7.14. The van der Waals surface area contributed by atoms with Gasteiger partial charge in [-0.15, -0.1) is 5.11 Å². The van der Waals surface area contributed by atoms with E-state index in [1.54, 1.807) is 37.3 Å². The molecule has 0 aromatic heterocycles. The quantitative estimate of drug-likeness (QED) is 0.293. The number of aryl methyl sites for hydroxylation is 1. The van der Waals surface area contributed by atoms with E-state index in [0.717, 1.165) is 6.07 Å². The number of phenolic OH excluding ortho intramolecular Hbond substituents is 1. The molecule has 0 amide bonds. The van der Waals surface area contributed by atoms with Gasteiger partial charge in [-0.25, -0.2) is 0 Å². The van der Waals surface area contributed by atoms with Gasteiger partial charge in [-0.05, 0) is 30.0 Å². The van der Waals surface area contributed by atoms with E-state index in [0.29, 0.717) is 16.3 Å². The molecule has 3 aromatic rings. The lowest BCUT2D eigenvalue weighted by molar-refractivity contribution is -0.384. The lowest BCUT2D eigenvalue weighted by Crippen LogP contribution is -1.98. The number of non-ortho nitro benzene ring substituents is 1.